The molecule has 6 heteroatoms. The van der Waals surface area contributed by atoms with Gasteiger partial charge in [0.2, 0.25) is 0 Å². The quantitative estimate of drug-likeness (QED) is 0.825. The average Bonchev–Trinajstić information content (AvgIpc) is 2.63. The van der Waals surface area contributed by atoms with Crippen LogP contribution in [0.3, 0.4) is 0 Å². The molecule has 2 amide bonds. The number of halogens is 3. The zero-order valence-corrected chi connectivity index (χ0v) is 8.65. The van der Waals surface area contributed by atoms with E-state index in [1.807, 2.05) is 5.32 Å². The fourth-order valence-corrected chi connectivity index (χ4v) is 1.96. The lowest BCUT2D eigenvalue weighted by molar-refractivity contribution is 0.0878. The molecule has 0 saturated carbocycles. The normalized spacial score (nSPS) is 13.8. The van der Waals surface area contributed by atoms with Crippen molar-refractivity contribution in [2.45, 2.75) is 20.0 Å². The van der Waals surface area contributed by atoms with Crippen LogP contribution >= 0.6 is 0 Å². The first-order valence-electron chi connectivity index (χ1n) is 4.85. The van der Waals surface area contributed by atoms with Crippen molar-refractivity contribution >= 4 is 11.8 Å². The van der Waals surface area contributed by atoms with E-state index in [0.717, 1.165) is 6.07 Å². The van der Waals surface area contributed by atoms with Gasteiger partial charge in [0.25, 0.3) is 11.8 Å². The molecule has 0 atom stereocenters. The van der Waals surface area contributed by atoms with Crippen molar-refractivity contribution in [1.29, 1.82) is 0 Å². The maximum Gasteiger partial charge on any atom is 0.259 e. The van der Waals surface area contributed by atoms with E-state index in [-0.39, 0.29) is 27.8 Å². The molecule has 1 N–H and O–H groups in total. The van der Waals surface area contributed by atoms with E-state index in [0.29, 0.717) is 0 Å². The molecule has 0 radical (unpaired) electrons. The minimum atomic E-state index is -1.07. The van der Waals surface area contributed by atoms with Crippen molar-refractivity contribution in [1.82, 2.24) is 5.32 Å². The van der Waals surface area contributed by atoms with Crippen molar-refractivity contribution in [3.8, 4) is 0 Å². The van der Waals surface area contributed by atoms with E-state index < -0.39 is 31.8 Å². The number of benzene rings is 1. The molecule has 1 aliphatic heterocycles. The van der Waals surface area contributed by atoms with Gasteiger partial charge in [-0.1, -0.05) is 0 Å². The van der Waals surface area contributed by atoms with Crippen LogP contribution in [0.4, 0.5) is 13.2 Å². The molecule has 0 aliphatic carbocycles. The Labute approximate surface area is 94.6 Å². The number of hydrogen-bond donors (Lipinski definition) is 1. The van der Waals surface area contributed by atoms with Gasteiger partial charge >= 0.3 is 0 Å². The Balaban J connectivity index is 2.79. The van der Waals surface area contributed by atoms with Crippen molar-refractivity contribution in [3.05, 3.63) is 33.9 Å². The minimum absolute atomic E-state index is 0.0896. The molecular formula is C11H8F3NO2. The molecule has 0 aromatic heterocycles. The van der Waals surface area contributed by atoms with Crippen molar-refractivity contribution in [3.63, 3.8) is 0 Å². The summed E-state index contributed by atoms with van der Waals surface area (Å²) in [6.07, 6.45) is 0. The molecule has 0 fully saturated rings. The Bertz CT molecular complexity index is 514. The molecule has 1 aromatic rings. The van der Waals surface area contributed by atoms with Crippen LogP contribution in [0.25, 0.3) is 0 Å². The van der Waals surface area contributed by atoms with Crippen molar-refractivity contribution in [2.75, 3.05) is 0 Å². The average molecular weight is 243 g/mol. The number of carbonyl (C=O) groups is 2. The number of amides is 2. The van der Waals surface area contributed by atoms with Gasteiger partial charge in [-0.25, -0.2) is 13.2 Å². The summed E-state index contributed by atoms with van der Waals surface area (Å²) in [5.41, 5.74) is -0.775. The molecule has 3 nitrogen and oxygen atoms in total. The molecule has 0 bridgehead atoms. The summed E-state index contributed by atoms with van der Waals surface area (Å²) in [5.74, 6) is -1.57. The van der Waals surface area contributed by atoms with Crippen LogP contribution in [0.5, 0.6) is 0 Å². The van der Waals surface area contributed by atoms with Crippen LogP contribution < -0.4 is 5.32 Å². The fraction of sp³-hybridized carbons (Fsp3) is 0.273. The van der Waals surface area contributed by atoms with E-state index >= 15 is 0 Å². The van der Waals surface area contributed by atoms with E-state index in [9.17, 15) is 22.8 Å². The number of rotatable bonds is 3. The van der Waals surface area contributed by atoms with Gasteiger partial charge in [0, 0.05) is 5.56 Å². The summed E-state index contributed by atoms with van der Waals surface area (Å²) in [5, 5.41) is 1.95. The van der Waals surface area contributed by atoms with Gasteiger partial charge in [-0.05, 0) is 17.2 Å². The maximum atomic E-state index is 12.8. The third-order valence-electron chi connectivity index (χ3n) is 2.71. The number of nitrogens with one attached hydrogen (secondary N) is 1. The summed E-state index contributed by atoms with van der Waals surface area (Å²) in [6, 6.07) is 1.09. The Kier molecular flexibility index (Phi) is 2.87. The Morgan fingerprint density at radius 1 is 0.882 bits per heavy atom. The molecular weight excluding hydrogens is 235 g/mol. The summed E-state index contributed by atoms with van der Waals surface area (Å²) < 4.78 is 38.2. The highest BCUT2D eigenvalue weighted by molar-refractivity contribution is 6.23. The number of hydrogen-bond acceptors (Lipinski definition) is 2. The highest BCUT2D eigenvalue weighted by Gasteiger charge is 2.33. The van der Waals surface area contributed by atoms with Crippen molar-refractivity contribution in [2.24, 2.45) is 0 Å². The van der Waals surface area contributed by atoms with Crippen LogP contribution in [0, 0.1) is 0 Å². The maximum absolute atomic E-state index is 12.8. The van der Waals surface area contributed by atoms with E-state index in [1.54, 1.807) is 0 Å². The molecule has 90 valence electrons. The monoisotopic (exact) mass is 243 g/mol. The van der Waals surface area contributed by atoms with Gasteiger partial charge in [0.15, 0.2) is 0 Å². The standard InChI is InChI=1S/C11H8F3NO2/c12-2-5-1-6(3-13)8-9(7(5)4-14)11(17)15-10(8)16/h1H,2-4H2,(H,15,16,17). The predicted molar refractivity (Wildman–Crippen MR) is 52.7 cm³/mol. The van der Waals surface area contributed by atoms with Crippen LogP contribution in [0.2, 0.25) is 0 Å². The first kappa shape index (κ1) is 11.6. The van der Waals surface area contributed by atoms with Gasteiger partial charge in [-0.3, -0.25) is 14.9 Å². The molecule has 0 spiro atoms. The first-order chi connectivity index (χ1) is 8.13. The molecule has 1 aliphatic rings. The zero-order valence-electron chi connectivity index (χ0n) is 8.65. The van der Waals surface area contributed by atoms with Crippen LogP contribution in [-0.2, 0) is 20.0 Å². The number of fused-ring (bicyclic) bond motifs is 1. The van der Waals surface area contributed by atoms with Crippen LogP contribution in [0.15, 0.2) is 6.07 Å². The summed E-state index contributed by atoms with van der Waals surface area (Å²) in [6.45, 7) is -3.10. The summed E-state index contributed by atoms with van der Waals surface area (Å²) in [7, 11) is 0. The molecule has 17 heavy (non-hydrogen) atoms. The number of imide groups is 1. The van der Waals surface area contributed by atoms with Gasteiger partial charge in [-0.2, -0.15) is 0 Å². The molecule has 0 saturated heterocycles. The minimum Gasteiger partial charge on any atom is -0.288 e. The second-order valence-corrected chi connectivity index (χ2v) is 3.61. The van der Waals surface area contributed by atoms with Gasteiger partial charge in [0.05, 0.1) is 11.1 Å². The zero-order chi connectivity index (χ0) is 12.6. The van der Waals surface area contributed by atoms with Gasteiger partial charge in [-0.15, -0.1) is 0 Å². The highest BCUT2D eigenvalue weighted by atomic mass is 19.1. The molecule has 1 aromatic carbocycles. The van der Waals surface area contributed by atoms with Gasteiger partial charge in [0.1, 0.15) is 20.0 Å². The number of alkyl halides is 3. The van der Waals surface area contributed by atoms with Gasteiger partial charge < -0.3 is 0 Å². The SMILES string of the molecule is O=C1NC(=O)c2c(CF)c(CF)cc(CF)c21. The first-order valence-corrected chi connectivity index (χ1v) is 4.85. The largest absolute Gasteiger partial charge is 0.288 e. The smallest absolute Gasteiger partial charge is 0.259 e. The third kappa shape index (κ3) is 1.60. The topological polar surface area (TPSA) is 46.2 Å². The van der Waals surface area contributed by atoms with Crippen molar-refractivity contribution < 1.29 is 22.8 Å². The van der Waals surface area contributed by atoms with Crippen LogP contribution in [-0.4, -0.2) is 11.8 Å². The van der Waals surface area contributed by atoms with E-state index in [1.165, 1.54) is 0 Å². The fourth-order valence-electron chi connectivity index (χ4n) is 1.96. The Hall–Kier alpha value is -1.85. The summed E-state index contributed by atoms with van der Waals surface area (Å²) >= 11 is 0. The lowest BCUT2D eigenvalue weighted by Gasteiger charge is -2.10. The second kappa shape index (κ2) is 4.20. The highest BCUT2D eigenvalue weighted by Crippen LogP contribution is 2.29. The molecule has 1 heterocycles. The molecule has 2 rings (SSSR count). The van der Waals surface area contributed by atoms with E-state index in [2.05, 4.69) is 0 Å². The predicted octanol–water partition coefficient (Wildman–Crippen LogP) is 1.98. The molecule has 0 unspecified atom stereocenters. The third-order valence-corrected chi connectivity index (χ3v) is 2.71. The second-order valence-electron chi connectivity index (χ2n) is 3.61. The summed E-state index contributed by atoms with van der Waals surface area (Å²) in [4.78, 5) is 22.9. The number of carbonyl (C=O) groups excluding carboxylic acids is 2. The van der Waals surface area contributed by atoms with Crippen LogP contribution in [0.1, 0.15) is 37.4 Å². The lowest BCUT2D eigenvalue weighted by atomic mass is 9.94. The Morgan fingerprint density at radius 3 is 2.00 bits per heavy atom. The lowest BCUT2D eigenvalue weighted by Crippen LogP contribution is -2.20. The van der Waals surface area contributed by atoms with E-state index in [4.69, 9.17) is 0 Å². The Morgan fingerprint density at radius 2 is 1.47 bits per heavy atom.